The monoisotopic (exact) mass is 292 g/mol. The van der Waals surface area contributed by atoms with E-state index in [0.29, 0.717) is 6.42 Å². The number of carboxylic acid groups (broad SMARTS) is 1. The number of aliphatic carboxylic acids is 1. The molecule has 0 spiro atoms. The highest BCUT2D eigenvalue weighted by atomic mass is 16.4. The van der Waals surface area contributed by atoms with Crippen LogP contribution < -0.4 is 10.6 Å². The smallest absolute Gasteiger partial charge is 0.319 e. The molecule has 5 heteroatoms. The third-order valence-corrected chi connectivity index (χ3v) is 3.47. The molecule has 21 heavy (non-hydrogen) atoms. The van der Waals surface area contributed by atoms with Gasteiger partial charge < -0.3 is 15.7 Å². The van der Waals surface area contributed by atoms with Crippen LogP contribution in [0, 0.1) is 12.8 Å². The van der Waals surface area contributed by atoms with Gasteiger partial charge in [0.1, 0.15) is 0 Å². The van der Waals surface area contributed by atoms with Gasteiger partial charge in [0, 0.05) is 11.7 Å². The molecule has 0 aromatic heterocycles. The number of anilines is 1. The Kier molecular flexibility index (Phi) is 6.72. The molecule has 0 fully saturated rings. The Hall–Kier alpha value is -2.04. The summed E-state index contributed by atoms with van der Waals surface area (Å²) >= 11 is 0. The predicted octanol–water partition coefficient (Wildman–Crippen LogP) is 3.40. The summed E-state index contributed by atoms with van der Waals surface area (Å²) in [5.41, 5.74) is 1.80. The molecular weight excluding hydrogens is 268 g/mol. The second-order valence-corrected chi connectivity index (χ2v) is 5.48. The Balaban J connectivity index is 2.31. The number of rotatable bonds is 7. The Bertz CT molecular complexity index is 488. The first-order valence-corrected chi connectivity index (χ1v) is 7.26. The zero-order valence-corrected chi connectivity index (χ0v) is 12.8. The van der Waals surface area contributed by atoms with Crippen LogP contribution in [-0.4, -0.2) is 23.1 Å². The lowest BCUT2D eigenvalue weighted by Gasteiger charge is -2.16. The molecule has 116 valence electrons. The maximum atomic E-state index is 11.9. The van der Waals surface area contributed by atoms with Gasteiger partial charge in [0.05, 0.1) is 5.92 Å². The van der Waals surface area contributed by atoms with Gasteiger partial charge in [0.25, 0.3) is 0 Å². The van der Waals surface area contributed by atoms with Gasteiger partial charge in [0.15, 0.2) is 0 Å². The highest BCUT2D eigenvalue weighted by Gasteiger charge is 2.12. The molecule has 0 radical (unpaired) electrons. The van der Waals surface area contributed by atoms with Crippen molar-refractivity contribution in [2.24, 2.45) is 5.92 Å². The summed E-state index contributed by atoms with van der Waals surface area (Å²) in [5, 5.41) is 14.5. The molecule has 5 nitrogen and oxygen atoms in total. The number of aryl methyl sites for hydroxylation is 1. The van der Waals surface area contributed by atoms with Crippen LogP contribution >= 0.6 is 0 Å². The summed E-state index contributed by atoms with van der Waals surface area (Å²) in [6.07, 6.45) is 2.17. The summed E-state index contributed by atoms with van der Waals surface area (Å²) in [5.74, 6) is -1.11. The summed E-state index contributed by atoms with van der Waals surface area (Å²) in [7, 11) is 0. The molecule has 2 amide bonds. The first-order chi connectivity index (χ1) is 9.90. The minimum absolute atomic E-state index is 0.00927. The number of para-hydroxylation sites is 1. The molecule has 0 aliphatic rings. The van der Waals surface area contributed by atoms with Crippen LogP contribution in [-0.2, 0) is 4.79 Å². The molecule has 0 saturated heterocycles. The van der Waals surface area contributed by atoms with Crippen molar-refractivity contribution < 1.29 is 14.7 Å². The van der Waals surface area contributed by atoms with E-state index in [0.717, 1.165) is 24.1 Å². The van der Waals surface area contributed by atoms with Crippen molar-refractivity contribution in [2.75, 3.05) is 5.32 Å². The summed E-state index contributed by atoms with van der Waals surface area (Å²) in [6.45, 7) is 5.56. The highest BCUT2D eigenvalue weighted by molar-refractivity contribution is 5.90. The first kappa shape index (κ1) is 17.0. The fourth-order valence-corrected chi connectivity index (χ4v) is 2.02. The van der Waals surface area contributed by atoms with Gasteiger partial charge in [0.2, 0.25) is 0 Å². The zero-order chi connectivity index (χ0) is 15.8. The minimum atomic E-state index is -0.770. The lowest BCUT2D eigenvalue weighted by atomic mass is 10.0. The number of hydrogen-bond acceptors (Lipinski definition) is 2. The number of urea groups is 1. The standard InChI is InChI=1S/C16H24N2O3/c1-11-7-4-5-10-14(11)18-16(21)17-13(3)9-6-8-12(2)15(19)20/h4-5,7,10,12-13H,6,8-9H2,1-3H3,(H,19,20)(H2,17,18,21). The van der Waals surface area contributed by atoms with E-state index >= 15 is 0 Å². The van der Waals surface area contributed by atoms with Crippen molar-refractivity contribution in [1.29, 1.82) is 0 Å². The van der Waals surface area contributed by atoms with Crippen LogP contribution in [0.2, 0.25) is 0 Å². The van der Waals surface area contributed by atoms with E-state index in [4.69, 9.17) is 5.11 Å². The van der Waals surface area contributed by atoms with Crippen molar-refractivity contribution >= 4 is 17.7 Å². The average Bonchev–Trinajstić information content (AvgIpc) is 2.41. The second-order valence-electron chi connectivity index (χ2n) is 5.48. The van der Waals surface area contributed by atoms with Gasteiger partial charge in [-0.25, -0.2) is 4.79 Å². The van der Waals surface area contributed by atoms with Crippen molar-refractivity contribution in [1.82, 2.24) is 5.32 Å². The molecule has 0 saturated carbocycles. The van der Waals surface area contributed by atoms with Crippen LogP contribution in [0.5, 0.6) is 0 Å². The Morgan fingerprint density at radius 2 is 1.86 bits per heavy atom. The van der Waals surface area contributed by atoms with E-state index in [1.165, 1.54) is 0 Å². The predicted molar refractivity (Wildman–Crippen MR) is 83.4 cm³/mol. The normalized spacial score (nSPS) is 13.3. The van der Waals surface area contributed by atoms with E-state index in [2.05, 4.69) is 10.6 Å². The van der Waals surface area contributed by atoms with Crippen LogP contribution in [0.15, 0.2) is 24.3 Å². The van der Waals surface area contributed by atoms with E-state index in [9.17, 15) is 9.59 Å². The number of amides is 2. The second kappa shape index (κ2) is 8.29. The molecule has 0 aliphatic heterocycles. The number of nitrogens with one attached hydrogen (secondary N) is 2. The third-order valence-electron chi connectivity index (χ3n) is 3.47. The van der Waals surface area contributed by atoms with Crippen LogP contribution in [0.25, 0.3) is 0 Å². The number of carboxylic acids is 1. The SMILES string of the molecule is Cc1ccccc1NC(=O)NC(C)CCCC(C)C(=O)O. The molecule has 1 aromatic carbocycles. The molecule has 1 aromatic rings. The molecule has 2 atom stereocenters. The van der Waals surface area contributed by atoms with Gasteiger partial charge in [-0.15, -0.1) is 0 Å². The number of benzene rings is 1. The molecule has 2 unspecified atom stereocenters. The van der Waals surface area contributed by atoms with Gasteiger partial charge >= 0.3 is 12.0 Å². The van der Waals surface area contributed by atoms with Crippen molar-refractivity contribution in [2.45, 2.75) is 46.1 Å². The quantitative estimate of drug-likeness (QED) is 0.720. The van der Waals surface area contributed by atoms with E-state index in [1.807, 2.05) is 38.1 Å². The minimum Gasteiger partial charge on any atom is -0.481 e. The molecule has 0 aliphatic carbocycles. The third kappa shape index (κ3) is 6.29. The molecule has 3 N–H and O–H groups in total. The molecule has 0 bridgehead atoms. The largest absolute Gasteiger partial charge is 0.481 e. The van der Waals surface area contributed by atoms with Crippen molar-refractivity contribution in [3.05, 3.63) is 29.8 Å². The maximum absolute atomic E-state index is 11.9. The van der Waals surface area contributed by atoms with Crippen LogP contribution in [0.1, 0.15) is 38.7 Å². The van der Waals surface area contributed by atoms with Crippen molar-refractivity contribution in [3.8, 4) is 0 Å². The van der Waals surface area contributed by atoms with E-state index in [-0.39, 0.29) is 18.0 Å². The summed E-state index contributed by atoms with van der Waals surface area (Å²) in [6, 6.07) is 7.36. The van der Waals surface area contributed by atoms with E-state index in [1.54, 1.807) is 6.92 Å². The zero-order valence-electron chi connectivity index (χ0n) is 12.8. The van der Waals surface area contributed by atoms with Crippen molar-refractivity contribution in [3.63, 3.8) is 0 Å². The average molecular weight is 292 g/mol. The van der Waals surface area contributed by atoms with Crippen LogP contribution in [0.4, 0.5) is 10.5 Å². The van der Waals surface area contributed by atoms with E-state index < -0.39 is 5.97 Å². The fraction of sp³-hybridized carbons (Fsp3) is 0.500. The lowest BCUT2D eigenvalue weighted by Crippen LogP contribution is -2.36. The van der Waals surface area contributed by atoms with Crippen LogP contribution in [0.3, 0.4) is 0 Å². The van der Waals surface area contributed by atoms with Gasteiger partial charge in [-0.2, -0.15) is 0 Å². The Morgan fingerprint density at radius 3 is 2.48 bits per heavy atom. The molecule has 1 rings (SSSR count). The van der Waals surface area contributed by atoms with Gasteiger partial charge in [-0.1, -0.05) is 31.5 Å². The summed E-state index contributed by atoms with van der Waals surface area (Å²) in [4.78, 5) is 22.6. The lowest BCUT2D eigenvalue weighted by molar-refractivity contribution is -0.141. The Labute approximate surface area is 125 Å². The first-order valence-electron chi connectivity index (χ1n) is 7.26. The molecular formula is C16H24N2O3. The highest BCUT2D eigenvalue weighted by Crippen LogP contribution is 2.13. The fourth-order valence-electron chi connectivity index (χ4n) is 2.02. The topological polar surface area (TPSA) is 78.4 Å². The van der Waals surface area contributed by atoms with Gasteiger partial charge in [-0.05, 0) is 38.3 Å². The number of carbonyl (C=O) groups is 2. The Morgan fingerprint density at radius 1 is 1.19 bits per heavy atom. The maximum Gasteiger partial charge on any atom is 0.319 e. The number of carbonyl (C=O) groups excluding carboxylic acids is 1. The van der Waals surface area contributed by atoms with Gasteiger partial charge in [-0.3, -0.25) is 4.79 Å². The number of hydrogen-bond donors (Lipinski definition) is 3. The summed E-state index contributed by atoms with van der Waals surface area (Å²) < 4.78 is 0. The molecule has 0 heterocycles.